The van der Waals surface area contributed by atoms with E-state index in [-0.39, 0.29) is 11.9 Å². The van der Waals surface area contributed by atoms with Crippen LogP contribution in [0.5, 0.6) is 0 Å². The predicted molar refractivity (Wildman–Crippen MR) is 59.1 cm³/mol. The molecule has 1 rings (SSSR count). The molecule has 1 aromatic carbocycles. The van der Waals surface area contributed by atoms with Crippen LogP contribution in [0.1, 0.15) is 6.92 Å². The maximum absolute atomic E-state index is 12.9. The first kappa shape index (κ1) is 11.5. The van der Waals surface area contributed by atoms with E-state index in [0.717, 1.165) is 10.2 Å². The van der Waals surface area contributed by atoms with Crippen molar-refractivity contribution in [3.63, 3.8) is 0 Å². The highest BCUT2D eigenvalue weighted by atomic mass is 79.9. The Bertz CT molecular complexity index is 306. The van der Waals surface area contributed by atoms with Crippen molar-refractivity contribution in [3.8, 4) is 0 Å². The third kappa shape index (κ3) is 3.27. The topological polar surface area (TPSA) is 21.3 Å². The molecule has 0 aliphatic rings. The second-order valence-corrected chi connectivity index (χ2v) is 3.91. The number of ether oxygens (including phenoxy) is 1. The fourth-order valence-corrected chi connectivity index (χ4v) is 1.36. The minimum absolute atomic E-state index is 0.102. The van der Waals surface area contributed by atoms with Crippen LogP contribution in [0, 0.1) is 5.82 Å². The molecule has 0 aliphatic heterocycles. The van der Waals surface area contributed by atoms with Gasteiger partial charge >= 0.3 is 0 Å². The lowest BCUT2D eigenvalue weighted by atomic mass is 10.3. The van der Waals surface area contributed by atoms with Crippen molar-refractivity contribution in [1.29, 1.82) is 0 Å². The molecule has 0 saturated heterocycles. The van der Waals surface area contributed by atoms with Crippen LogP contribution >= 0.6 is 15.9 Å². The molecule has 1 unspecified atom stereocenters. The van der Waals surface area contributed by atoms with E-state index in [1.165, 1.54) is 12.1 Å². The van der Waals surface area contributed by atoms with E-state index >= 15 is 0 Å². The molecule has 1 atom stereocenters. The maximum atomic E-state index is 12.9. The van der Waals surface area contributed by atoms with Gasteiger partial charge in [0, 0.05) is 18.1 Å². The van der Waals surface area contributed by atoms with E-state index in [9.17, 15) is 4.39 Å². The Balaban J connectivity index is 2.62. The Kier molecular flexibility index (Phi) is 4.35. The van der Waals surface area contributed by atoms with Gasteiger partial charge in [-0.2, -0.15) is 0 Å². The molecule has 4 heteroatoms. The molecular weight excluding hydrogens is 249 g/mol. The number of nitrogens with one attached hydrogen (secondary N) is 1. The van der Waals surface area contributed by atoms with E-state index in [1.807, 2.05) is 6.92 Å². The number of methoxy groups -OCH3 is 1. The maximum Gasteiger partial charge on any atom is 0.125 e. The number of rotatable bonds is 4. The fraction of sp³-hybridized carbons (Fsp3) is 0.400. The fourth-order valence-electron chi connectivity index (χ4n) is 0.970. The van der Waals surface area contributed by atoms with E-state index in [1.54, 1.807) is 13.2 Å². The highest BCUT2D eigenvalue weighted by Gasteiger charge is 2.03. The van der Waals surface area contributed by atoms with Gasteiger partial charge in [0.15, 0.2) is 0 Å². The Morgan fingerprint density at radius 3 is 2.93 bits per heavy atom. The second-order valence-electron chi connectivity index (χ2n) is 3.05. The molecular formula is C10H13BrFNO. The second kappa shape index (κ2) is 5.32. The predicted octanol–water partition coefficient (Wildman–Crippen LogP) is 3.04. The third-order valence-corrected chi connectivity index (χ3v) is 2.60. The van der Waals surface area contributed by atoms with Gasteiger partial charge in [-0.3, -0.25) is 0 Å². The molecule has 0 aliphatic carbocycles. The van der Waals surface area contributed by atoms with E-state index in [0.29, 0.717) is 6.54 Å². The van der Waals surface area contributed by atoms with Gasteiger partial charge in [0.25, 0.3) is 0 Å². The minimum atomic E-state index is -0.249. The van der Waals surface area contributed by atoms with Gasteiger partial charge in [-0.05, 0) is 41.1 Å². The summed E-state index contributed by atoms with van der Waals surface area (Å²) in [4.78, 5) is 0. The van der Waals surface area contributed by atoms with Crippen LogP contribution in [-0.2, 0) is 4.74 Å². The lowest BCUT2D eigenvalue weighted by Gasteiger charge is -2.12. The molecule has 2 nitrogen and oxygen atoms in total. The Labute approximate surface area is 91.6 Å². The van der Waals surface area contributed by atoms with Crippen LogP contribution < -0.4 is 5.32 Å². The summed E-state index contributed by atoms with van der Waals surface area (Å²) in [6.45, 7) is 2.60. The van der Waals surface area contributed by atoms with Gasteiger partial charge in [0.2, 0.25) is 0 Å². The molecule has 14 heavy (non-hydrogen) atoms. The van der Waals surface area contributed by atoms with Crippen molar-refractivity contribution in [1.82, 2.24) is 0 Å². The monoisotopic (exact) mass is 261 g/mol. The molecule has 78 valence electrons. The zero-order valence-corrected chi connectivity index (χ0v) is 9.77. The molecule has 0 spiro atoms. The normalized spacial score (nSPS) is 12.6. The standard InChI is InChI=1S/C10H13BrFNO/c1-7(14-2)6-13-10-5-8(12)3-4-9(10)11/h3-5,7,13H,6H2,1-2H3. The first-order valence-electron chi connectivity index (χ1n) is 4.35. The van der Waals surface area contributed by atoms with E-state index in [2.05, 4.69) is 21.2 Å². The van der Waals surface area contributed by atoms with Crippen LogP contribution in [0.3, 0.4) is 0 Å². The Hall–Kier alpha value is -0.610. The number of halogens is 2. The van der Waals surface area contributed by atoms with Crippen molar-refractivity contribution in [2.24, 2.45) is 0 Å². The number of hydrogen-bond donors (Lipinski definition) is 1. The van der Waals surface area contributed by atoms with Crippen LogP contribution in [0.25, 0.3) is 0 Å². The summed E-state index contributed by atoms with van der Waals surface area (Å²) in [5.41, 5.74) is 0.744. The van der Waals surface area contributed by atoms with Crippen molar-refractivity contribution in [3.05, 3.63) is 28.5 Å². The highest BCUT2D eigenvalue weighted by Crippen LogP contribution is 2.22. The van der Waals surface area contributed by atoms with Gasteiger partial charge in [-0.25, -0.2) is 4.39 Å². The number of benzene rings is 1. The van der Waals surface area contributed by atoms with E-state index < -0.39 is 0 Å². The van der Waals surface area contributed by atoms with Gasteiger partial charge in [-0.15, -0.1) is 0 Å². The van der Waals surface area contributed by atoms with Gasteiger partial charge in [0.05, 0.1) is 11.8 Å². The Morgan fingerprint density at radius 1 is 1.57 bits per heavy atom. The first-order chi connectivity index (χ1) is 6.63. The molecule has 0 fully saturated rings. The highest BCUT2D eigenvalue weighted by molar-refractivity contribution is 9.10. The van der Waals surface area contributed by atoms with E-state index in [4.69, 9.17) is 4.74 Å². The van der Waals surface area contributed by atoms with Crippen molar-refractivity contribution in [2.75, 3.05) is 19.0 Å². The summed E-state index contributed by atoms with van der Waals surface area (Å²) in [6, 6.07) is 4.54. The van der Waals surface area contributed by atoms with Crippen LogP contribution in [0.2, 0.25) is 0 Å². The quantitative estimate of drug-likeness (QED) is 0.900. The van der Waals surface area contributed by atoms with Gasteiger partial charge in [0.1, 0.15) is 5.82 Å². The summed E-state index contributed by atoms with van der Waals surface area (Å²) >= 11 is 3.33. The molecule has 0 radical (unpaired) electrons. The smallest absolute Gasteiger partial charge is 0.125 e. The average Bonchev–Trinajstić information content (AvgIpc) is 2.19. The third-order valence-electron chi connectivity index (χ3n) is 1.91. The minimum Gasteiger partial charge on any atom is -0.381 e. The Morgan fingerprint density at radius 2 is 2.29 bits per heavy atom. The summed E-state index contributed by atoms with van der Waals surface area (Å²) in [5, 5.41) is 3.09. The van der Waals surface area contributed by atoms with Crippen molar-refractivity contribution < 1.29 is 9.13 Å². The largest absolute Gasteiger partial charge is 0.381 e. The average molecular weight is 262 g/mol. The summed E-state index contributed by atoms with van der Waals surface area (Å²) in [7, 11) is 1.65. The molecule has 0 saturated carbocycles. The zero-order valence-electron chi connectivity index (χ0n) is 8.18. The molecule has 0 amide bonds. The van der Waals surface area contributed by atoms with Gasteiger partial charge < -0.3 is 10.1 Å². The summed E-state index contributed by atoms with van der Waals surface area (Å²) < 4.78 is 18.8. The lowest BCUT2D eigenvalue weighted by Crippen LogP contribution is -2.18. The summed E-state index contributed by atoms with van der Waals surface area (Å²) in [5.74, 6) is -0.249. The summed E-state index contributed by atoms with van der Waals surface area (Å²) in [6.07, 6.45) is 0.102. The first-order valence-corrected chi connectivity index (χ1v) is 5.14. The number of hydrogen-bond acceptors (Lipinski definition) is 2. The lowest BCUT2D eigenvalue weighted by molar-refractivity contribution is 0.129. The number of anilines is 1. The molecule has 0 bridgehead atoms. The van der Waals surface area contributed by atoms with Crippen molar-refractivity contribution in [2.45, 2.75) is 13.0 Å². The van der Waals surface area contributed by atoms with Crippen LogP contribution in [0.15, 0.2) is 22.7 Å². The molecule has 0 aromatic heterocycles. The SMILES string of the molecule is COC(C)CNc1cc(F)ccc1Br. The van der Waals surface area contributed by atoms with Crippen LogP contribution in [0.4, 0.5) is 10.1 Å². The molecule has 1 N–H and O–H groups in total. The molecule has 1 aromatic rings. The molecule has 0 heterocycles. The van der Waals surface area contributed by atoms with Crippen LogP contribution in [-0.4, -0.2) is 19.8 Å². The zero-order chi connectivity index (χ0) is 10.6. The van der Waals surface area contributed by atoms with Gasteiger partial charge in [-0.1, -0.05) is 0 Å². The van der Waals surface area contributed by atoms with Crippen molar-refractivity contribution >= 4 is 21.6 Å².